The molecule has 1 aliphatic rings. The summed E-state index contributed by atoms with van der Waals surface area (Å²) in [4.78, 5) is 0. The molecule has 1 N–H and O–H groups in total. The molecule has 0 aromatic heterocycles. The Morgan fingerprint density at radius 3 is 2.54 bits per heavy atom. The zero-order valence-corrected chi connectivity index (χ0v) is 17.1. The molecule has 24 heavy (non-hydrogen) atoms. The fourth-order valence-corrected chi connectivity index (χ4v) is 3.39. The van der Waals surface area contributed by atoms with Gasteiger partial charge in [-0.15, -0.1) is 0 Å². The van der Waals surface area contributed by atoms with Crippen LogP contribution in [0.4, 0.5) is 0 Å². The minimum absolute atomic E-state index is 0.185. The number of aliphatic hydroxyl groups excluding tert-OH is 1. The van der Waals surface area contributed by atoms with Crippen molar-refractivity contribution in [1.82, 2.24) is 0 Å². The Bertz CT molecular complexity index is 563. The summed E-state index contributed by atoms with van der Waals surface area (Å²) in [6.45, 7) is 15.9. The average Bonchev–Trinajstić information content (AvgIpc) is 2.84. The zero-order valence-electron chi connectivity index (χ0n) is 16.1. The molecule has 1 aromatic carbocycles. The molecule has 2 rings (SSSR count). The second-order valence-electron chi connectivity index (χ2n) is 8.61. The van der Waals surface area contributed by atoms with Gasteiger partial charge in [-0.2, -0.15) is 0 Å². The fraction of sp³-hybridized carbons (Fsp3) is 0.684. The van der Waals surface area contributed by atoms with Crippen molar-refractivity contribution in [2.45, 2.75) is 77.4 Å². The predicted octanol–water partition coefficient (Wildman–Crippen LogP) is 4.39. The predicted molar refractivity (Wildman–Crippen MR) is 98.3 cm³/mol. The fourth-order valence-electron chi connectivity index (χ4n) is 2.43. The third-order valence-corrected chi connectivity index (χ3v) is 9.56. The van der Waals surface area contributed by atoms with Crippen LogP contribution < -0.4 is 0 Å². The number of benzene rings is 1. The molecule has 5 heteroatoms. The van der Waals surface area contributed by atoms with Gasteiger partial charge in [0.05, 0.1) is 13.2 Å². The molecule has 0 aliphatic carbocycles. The molecular weight excluding hydrogens is 320 g/mol. The summed E-state index contributed by atoms with van der Waals surface area (Å²) in [5, 5.41) is 10.8. The summed E-state index contributed by atoms with van der Waals surface area (Å²) in [5.74, 6) is -0.630. The molecule has 136 valence electrons. The van der Waals surface area contributed by atoms with Gasteiger partial charge in [-0.25, -0.2) is 0 Å². The van der Waals surface area contributed by atoms with Gasteiger partial charge >= 0.3 is 0 Å². The Morgan fingerprint density at radius 1 is 1.33 bits per heavy atom. The van der Waals surface area contributed by atoms with Gasteiger partial charge in [0.25, 0.3) is 0 Å². The molecule has 0 radical (unpaired) electrons. The van der Waals surface area contributed by atoms with E-state index in [1.807, 2.05) is 38.1 Å². The topological polar surface area (TPSA) is 47.9 Å². The number of rotatable bonds is 5. The van der Waals surface area contributed by atoms with Crippen molar-refractivity contribution < 1.29 is 19.0 Å². The second-order valence-corrected chi connectivity index (χ2v) is 13.4. The van der Waals surface area contributed by atoms with Gasteiger partial charge in [0.1, 0.15) is 12.2 Å². The van der Waals surface area contributed by atoms with Crippen LogP contribution in [0.5, 0.6) is 0 Å². The van der Waals surface area contributed by atoms with Gasteiger partial charge in [-0.3, -0.25) is 0 Å². The Balaban J connectivity index is 2.04. The lowest BCUT2D eigenvalue weighted by molar-refractivity contribution is -0.151. The monoisotopic (exact) mass is 352 g/mol. The van der Waals surface area contributed by atoms with E-state index in [0.717, 1.165) is 11.1 Å². The maximum atomic E-state index is 10.6. The van der Waals surface area contributed by atoms with Crippen LogP contribution in [-0.2, 0) is 20.5 Å². The van der Waals surface area contributed by atoms with E-state index in [1.54, 1.807) is 0 Å². The van der Waals surface area contributed by atoms with Crippen molar-refractivity contribution in [2.75, 3.05) is 6.61 Å². The molecule has 1 aromatic rings. The molecule has 0 bridgehead atoms. The van der Waals surface area contributed by atoms with E-state index >= 15 is 0 Å². The summed E-state index contributed by atoms with van der Waals surface area (Å²) in [5.41, 5.74) is 1.92. The summed E-state index contributed by atoms with van der Waals surface area (Å²) < 4.78 is 17.6. The van der Waals surface area contributed by atoms with Crippen molar-refractivity contribution in [3.8, 4) is 0 Å². The van der Waals surface area contributed by atoms with Crippen molar-refractivity contribution in [1.29, 1.82) is 0 Å². The first-order chi connectivity index (χ1) is 10.9. The first-order valence-corrected chi connectivity index (χ1v) is 11.5. The highest BCUT2D eigenvalue weighted by molar-refractivity contribution is 6.74. The molecule has 1 saturated heterocycles. The molecule has 0 spiro atoms. The molecule has 0 saturated carbocycles. The normalized spacial score (nSPS) is 22.6. The Labute approximate surface area is 147 Å². The summed E-state index contributed by atoms with van der Waals surface area (Å²) >= 11 is 0. The Kier molecular flexibility index (Phi) is 5.62. The van der Waals surface area contributed by atoms with E-state index in [9.17, 15) is 5.11 Å². The van der Waals surface area contributed by atoms with Crippen molar-refractivity contribution in [3.05, 3.63) is 35.4 Å². The van der Waals surface area contributed by atoms with Crippen molar-refractivity contribution in [3.63, 3.8) is 0 Å². The lowest BCUT2D eigenvalue weighted by Crippen LogP contribution is -2.40. The lowest BCUT2D eigenvalue weighted by Gasteiger charge is -2.36. The molecule has 1 unspecified atom stereocenters. The third kappa shape index (κ3) is 4.67. The zero-order chi connectivity index (χ0) is 18.2. The Morgan fingerprint density at radius 2 is 2.00 bits per heavy atom. The largest absolute Gasteiger partial charge is 0.413 e. The molecule has 1 heterocycles. The molecule has 1 fully saturated rings. The van der Waals surface area contributed by atoms with E-state index in [4.69, 9.17) is 13.9 Å². The summed E-state index contributed by atoms with van der Waals surface area (Å²) in [6, 6.07) is 7.94. The maximum Gasteiger partial charge on any atom is 0.192 e. The van der Waals surface area contributed by atoms with Gasteiger partial charge in [0, 0.05) is 0 Å². The SMILES string of the molecule is CC1(C)OC[C@H](C(O)c2cccc(CO[Si](C)(C)C(C)(C)C)c2)O1. The van der Waals surface area contributed by atoms with Gasteiger partial charge in [-0.1, -0.05) is 45.0 Å². The first kappa shape index (κ1) is 19.6. The van der Waals surface area contributed by atoms with Crippen LogP contribution >= 0.6 is 0 Å². The van der Waals surface area contributed by atoms with E-state index in [2.05, 4.69) is 33.9 Å². The molecule has 1 aliphatic heterocycles. The van der Waals surface area contributed by atoms with Crippen LogP contribution in [0.2, 0.25) is 18.1 Å². The van der Waals surface area contributed by atoms with E-state index < -0.39 is 20.2 Å². The third-order valence-electron chi connectivity index (χ3n) is 5.08. The summed E-state index contributed by atoms with van der Waals surface area (Å²) in [6.07, 6.45) is -1.03. The standard InChI is InChI=1S/C19H32O4Si/c1-18(2,3)24(6,7)22-12-14-9-8-10-15(11-14)17(20)16-13-21-19(4,5)23-16/h8-11,16-17,20H,12-13H2,1-7H3/t16-,17?/m1/s1. The minimum Gasteiger partial charge on any atom is -0.413 e. The highest BCUT2D eigenvalue weighted by Crippen LogP contribution is 2.37. The van der Waals surface area contributed by atoms with E-state index in [0.29, 0.717) is 13.2 Å². The number of aliphatic hydroxyl groups is 1. The number of hydrogen-bond acceptors (Lipinski definition) is 4. The van der Waals surface area contributed by atoms with Crippen LogP contribution in [0, 0.1) is 0 Å². The number of ether oxygens (including phenoxy) is 2. The highest BCUT2D eigenvalue weighted by atomic mass is 28.4. The Hall–Kier alpha value is -0.723. The van der Waals surface area contributed by atoms with E-state index in [-0.39, 0.29) is 11.1 Å². The van der Waals surface area contributed by atoms with Gasteiger partial charge in [0.15, 0.2) is 14.1 Å². The van der Waals surface area contributed by atoms with Crippen LogP contribution in [0.1, 0.15) is 51.8 Å². The van der Waals surface area contributed by atoms with Gasteiger partial charge < -0.3 is 19.0 Å². The first-order valence-electron chi connectivity index (χ1n) is 8.64. The maximum absolute atomic E-state index is 10.6. The van der Waals surface area contributed by atoms with Crippen LogP contribution in [0.3, 0.4) is 0 Å². The molecule has 0 amide bonds. The molecule has 2 atom stereocenters. The van der Waals surface area contributed by atoms with Gasteiger partial charge in [0.2, 0.25) is 0 Å². The molecule has 4 nitrogen and oxygen atoms in total. The lowest BCUT2D eigenvalue weighted by atomic mass is 10.0. The quantitative estimate of drug-likeness (QED) is 0.798. The summed E-state index contributed by atoms with van der Waals surface area (Å²) in [7, 11) is -1.78. The van der Waals surface area contributed by atoms with Gasteiger partial charge in [-0.05, 0) is 43.1 Å². The van der Waals surface area contributed by atoms with Crippen LogP contribution in [0.25, 0.3) is 0 Å². The minimum atomic E-state index is -1.78. The van der Waals surface area contributed by atoms with Crippen molar-refractivity contribution >= 4 is 8.32 Å². The molecular formula is C19H32O4Si. The highest BCUT2D eigenvalue weighted by Gasteiger charge is 2.38. The number of hydrogen-bond donors (Lipinski definition) is 1. The van der Waals surface area contributed by atoms with E-state index in [1.165, 1.54) is 0 Å². The smallest absolute Gasteiger partial charge is 0.192 e. The van der Waals surface area contributed by atoms with Crippen LogP contribution in [0.15, 0.2) is 24.3 Å². The van der Waals surface area contributed by atoms with Crippen molar-refractivity contribution in [2.24, 2.45) is 0 Å². The second kappa shape index (κ2) is 6.88. The van der Waals surface area contributed by atoms with Crippen LogP contribution in [-0.4, -0.2) is 31.9 Å². The average molecular weight is 353 g/mol.